The molecule has 0 radical (unpaired) electrons. The van der Waals surface area contributed by atoms with Gasteiger partial charge in [-0.15, -0.1) is 0 Å². The number of esters is 2. The van der Waals surface area contributed by atoms with Crippen molar-refractivity contribution in [2.45, 2.75) is 38.7 Å². The van der Waals surface area contributed by atoms with Crippen LogP contribution in [0, 0.1) is 0 Å². The van der Waals surface area contributed by atoms with Crippen molar-refractivity contribution in [1.29, 1.82) is 0 Å². The molecule has 0 aromatic heterocycles. The van der Waals surface area contributed by atoms with Gasteiger partial charge in [0.15, 0.2) is 6.29 Å². The quantitative estimate of drug-likeness (QED) is 0.365. The number of carbonyl (C=O) groups is 3. The lowest BCUT2D eigenvalue weighted by Gasteiger charge is -2.27. The number of hydrogen-bond acceptors (Lipinski definition) is 8. The van der Waals surface area contributed by atoms with Crippen LogP contribution in [-0.2, 0) is 33.3 Å². The van der Waals surface area contributed by atoms with Crippen LogP contribution < -0.4 is 5.32 Å². The largest absolute Gasteiger partial charge is 0.466 e. The first-order valence-electron chi connectivity index (χ1n) is 6.63. The van der Waals surface area contributed by atoms with Crippen LogP contribution in [0.2, 0.25) is 0 Å². The van der Waals surface area contributed by atoms with Crippen LogP contribution in [-0.4, -0.2) is 64.4 Å². The maximum atomic E-state index is 11.8. The number of ether oxygens (including phenoxy) is 5. The van der Waals surface area contributed by atoms with Gasteiger partial charge in [0.1, 0.15) is 0 Å². The van der Waals surface area contributed by atoms with Crippen molar-refractivity contribution in [3.63, 3.8) is 0 Å². The molecule has 0 rings (SSSR count). The fraction of sp³-hybridized carbons (Fsp3) is 0.769. The SMILES string of the molecule is CCOC(=O)N[C@@H](CC(OC)OC)[C@@H](OC(C)=O)C(=O)OC. The lowest BCUT2D eigenvalue weighted by molar-refractivity contribution is -0.170. The summed E-state index contributed by atoms with van der Waals surface area (Å²) in [4.78, 5) is 34.6. The number of methoxy groups -OCH3 is 3. The van der Waals surface area contributed by atoms with E-state index in [1.165, 1.54) is 14.2 Å². The Morgan fingerprint density at radius 2 is 1.68 bits per heavy atom. The molecule has 0 aromatic carbocycles. The molecule has 0 bridgehead atoms. The first-order chi connectivity index (χ1) is 10.4. The topological polar surface area (TPSA) is 109 Å². The van der Waals surface area contributed by atoms with Gasteiger partial charge in [0, 0.05) is 27.6 Å². The minimum Gasteiger partial charge on any atom is -0.466 e. The summed E-state index contributed by atoms with van der Waals surface area (Å²) in [5, 5.41) is 2.44. The summed E-state index contributed by atoms with van der Waals surface area (Å²) in [5.41, 5.74) is 0. The van der Waals surface area contributed by atoms with Crippen molar-refractivity contribution >= 4 is 18.0 Å². The van der Waals surface area contributed by atoms with E-state index in [1.54, 1.807) is 6.92 Å². The molecule has 1 N–H and O–H groups in total. The van der Waals surface area contributed by atoms with E-state index < -0.39 is 36.5 Å². The van der Waals surface area contributed by atoms with Crippen LogP contribution in [0.5, 0.6) is 0 Å². The zero-order valence-corrected chi connectivity index (χ0v) is 13.4. The number of amides is 1. The summed E-state index contributed by atoms with van der Waals surface area (Å²) in [7, 11) is 3.94. The third-order valence-corrected chi connectivity index (χ3v) is 2.64. The first kappa shape index (κ1) is 20.1. The van der Waals surface area contributed by atoms with E-state index in [4.69, 9.17) is 18.9 Å². The lowest BCUT2D eigenvalue weighted by Crippen LogP contribution is -2.51. The fourth-order valence-electron chi connectivity index (χ4n) is 1.67. The smallest absolute Gasteiger partial charge is 0.407 e. The van der Waals surface area contributed by atoms with E-state index in [-0.39, 0.29) is 13.0 Å². The number of carbonyl (C=O) groups excluding carboxylic acids is 3. The highest BCUT2D eigenvalue weighted by atomic mass is 16.7. The molecule has 0 aliphatic heterocycles. The highest BCUT2D eigenvalue weighted by Crippen LogP contribution is 2.12. The van der Waals surface area contributed by atoms with Crippen LogP contribution in [0.1, 0.15) is 20.3 Å². The van der Waals surface area contributed by atoms with Gasteiger partial charge >= 0.3 is 18.0 Å². The Morgan fingerprint density at radius 1 is 1.09 bits per heavy atom. The highest BCUT2D eigenvalue weighted by molar-refractivity contribution is 5.80. The van der Waals surface area contributed by atoms with Crippen molar-refractivity contribution in [3.05, 3.63) is 0 Å². The van der Waals surface area contributed by atoms with Crippen molar-refractivity contribution in [2.24, 2.45) is 0 Å². The molecule has 128 valence electrons. The summed E-state index contributed by atoms with van der Waals surface area (Å²) in [6.45, 7) is 2.92. The van der Waals surface area contributed by atoms with E-state index in [0.29, 0.717) is 0 Å². The highest BCUT2D eigenvalue weighted by Gasteiger charge is 2.35. The summed E-state index contributed by atoms with van der Waals surface area (Å²) in [6.07, 6.45) is -2.80. The molecule has 9 heteroatoms. The zero-order valence-electron chi connectivity index (χ0n) is 13.4. The number of hydrogen-bond donors (Lipinski definition) is 1. The van der Waals surface area contributed by atoms with E-state index in [9.17, 15) is 14.4 Å². The van der Waals surface area contributed by atoms with Gasteiger partial charge in [-0.05, 0) is 6.92 Å². The Kier molecular flexibility index (Phi) is 9.88. The van der Waals surface area contributed by atoms with Gasteiger partial charge in [0.2, 0.25) is 6.10 Å². The average Bonchev–Trinajstić information content (AvgIpc) is 2.48. The predicted molar refractivity (Wildman–Crippen MR) is 73.9 cm³/mol. The predicted octanol–water partition coefficient (Wildman–Crippen LogP) is 0.215. The second-order valence-electron chi connectivity index (χ2n) is 4.16. The Hall–Kier alpha value is -1.87. The molecule has 0 saturated heterocycles. The lowest BCUT2D eigenvalue weighted by atomic mass is 10.1. The van der Waals surface area contributed by atoms with Crippen molar-refractivity contribution in [2.75, 3.05) is 27.9 Å². The van der Waals surface area contributed by atoms with Crippen molar-refractivity contribution < 1.29 is 38.1 Å². The van der Waals surface area contributed by atoms with Gasteiger partial charge in [0.05, 0.1) is 19.8 Å². The molecule has 2 atom stereocenters. The molecular formula is C13H23NO8. The second kappa shape index (κ2) is 10.8. The molecule has 9 nitrogen and oxygen atoms in total. The normalized spacial score (nSPS) is 13.2. The number of alkyl carbamates (subject to hydrolysis) is 1. The van der Waals surface area contributed by atoms with Crippen LogP contribution in [0.25, 0.3) is 0 Å². The molecular weight excluding hydrogens is 298 g/mol. The molecule has 0 aliphatic carbocycles. The number of nitrogens with one attached hydrogen (secondary N) is 1. The van der Waals surface area contributed by atoms with Crippen LogP contribution in [0.3, 0.4) is 0 Å². The fourth-order valence-corrected chi connectivity index (χ4v) is 1.67. The van der Waals surface area contributed by atoms with Crippen LogP contribution in [0.4, 0.5) is 4.79 Å². The van der Waals surface area contributed by atoms with Gasteiger partial charge in [-0.25, -0.2) is 9.59 Å². The number of rotatable bonds is 9. The molecule has 0 aromatic rings. The molecule has 0 aliphatic rings. The minimum atomic E-state index is -1.35. The van der Waals surface area contributed by atoms with Gasteiger partial charge in [0.25, 0.3) is 0 Å². The average molecular weight is 321 g/mol. The van der Waals surface area contributed by atoms with Crippen molar-refractivity contribution in [3.8, 4) is 0 Å². The summed E-state index contributed by atoms with van der Waals surface area (Å²) in [5.74, 6) is -1.51. The summed E-state index contributed by atoms with van der Waals surface area (Å²) < 4.78 is 24.4. The first-order valence-corrected chi connectivity index (χ1v) is 6.63. The van der Waals surface area contributed by atoms with Crippen LogP contribution >= 0.6 is 0 Å². The van der Waals surface area contributed by atoms with E-state index in [1.807, 2.05) is 0 Å². The Labute approximate surface area is 129 Å². The van der Waals surface area contributed by atoms with Gasteiger partial charge in [-0.3, -0.25) is 4.79 Å². The monoisotopic (exact) mass is 321 g/mol. The van der Waals surface area contributed by atoms with Crippen molar-refractivity contribution in [1.82, 2.24) is 5.32 Å². The van der Waals surface area contributed by atoms with Gasteiger partial charge in [-0.1, -0.05) is 0 Å². The van der Waals surface area contributed by atoms with E-state index >= 15 is 0 Å². The standard InChI is InChI=1S/C13H23NO8/c1-6-21-13(17)14-9(7-10(18-3)19-4)11(12(16)20-5)22-8(2)15/h9-11H,6-7H2,1-5H3,(H,14,17)/t9-,11+/m0/s1. The Balaban J connectivity index is 5.21. The third kappa shape index (κ3) is 7.23. The molecule has 0 saturated carbocycles. The molecule has 0 spiro atoms. The molecule has 22 heavy (non-hydrogen) atoms. The molecule has 0 fully saturated rings. The Morgan fingerprint density at radius 3 is 2.09 bits per heavy atom. The third-order valence-electron chi connectivity index (χ3n) is 2.64. The summed E-state index contributed by atoms with van der Waals surface area (Å²) >= 11 is 0. The Bertz CT molecular complexity index is 369. The summed E-state index contributed by atoms with van der Waals surface area (Å²) in [6, 6.07) is -0.944. The van der Waals surface area contributed by atoms with Gasteiger partial charge < -0.3 is 29.0 Å². The maximum Gasteiger partial charge on any atom is 0.407 e. The van der Waals surface area contributed by atoms with Gasteiger partial charge in [-0.2, -0.15) is 0 Å². The van der Waals surface area contributed by atoms with Crippen LogP contribution in [0.15, 0.2) is 0 Å². The van der Waals surface area contributed by atoms with E-state index in [2.05, 4.69) is 10.1 Å². The molecule has 0 heterocycles. The maximum absolute atomic E-state index is 11.8. The zero-order chi connectivity index (χ0) is 17.1. The molecule has 1 amide bonds. The second-order valence-corrected chi connectivity index (χ2v) is 4.16. The minimum absolute atomic E-state index is 0.0405. The van der Waals surface area contributed by atoms with E-state index in [0.717, 1.165) is 14.0 Å². The molecule has 0 unspecified atom stereocenters.